The quantitative estimate of drug-likeness (QED) is 0.886. The van der Waals surface area contributed by atoms with E-state index in [1.807, 2.05) is 4.90 Å². The summed E-state index contributed by atoms with van der Waals surface area (Å²) in [6.07, 6.45) is 1.77. The van der Waals surface area contributed by atoms with Crippen LogP contribution in [0.25, 0.3) is 0 Å². The lowest BCUT2D eigenvalue weighted by atomic mass is 10.00. The third-order valence-corrected chi connectivity index (χ3v) is 3.87. The van der Waals surface area contributed by atoms with Crippen molar-refractivity contribution in [2.75, 3.05) is 25.0 Å². The van der Waals surface area contributed by atoms with Crippen molar-refractivity contribution < 1.29 is 14.7 Å². The van der Waals surface area contributed by atoms with E-state index in [1.165, 1.54) is 12.1 Å². The predicted molar refractivity (Wildman–Crippen MR) is 81.8 cm³/mol. The zero-order valence-electron chi connectivity index (χ0n) is 11.9. The molecule has 0 aliphatic carbocycles. The summed E-state index contributed by atoms with van der Waals surface area (Å²) < 4.78 is 0. The Balaban J connectivity index is 1.96. The van der Waals surface area contributed by atoms with E-state index >= 15 is 0 Å². The van der Waals surface area contributed by atoms with Gasteiger partial charge in [-0.1, -0.05) is 11.6 Å². The van der Waals surface area contributed by atoms with Crippen LogP contribution in [0.1, 0.15) is 23.2 Å². The number of aromatic carboxylic acids is 1. The van der Waals surface area contributed by atoms with Crippen LogP contribution in [-0.4, -0.2) is 41.5 Å². The molecule has 2 rings (SSSR count). The molecule has 22 heavy (non-hydrogen) atoms. The molecule has 1 aliphatic rings. The fraction of sp³-hybridized carbons (Fsp3) is 0.400. The first kappa shape index (κ1) is 16.3. The first-order chi connectivity index (χ1) is 10.5. The molecule has 1 heterocycles. The standard InChI is InChI=1S/C15H16ClN3O3/c16-13-4-3-11(6-12(13)15(21)22)18-14(20)9-19-5-1-2-10(7-17)8-19/h3-4,6,10H,1-2,5,8-9H2,(H,18,20)(H,21,22)/t10-/m0/s1. The first-order valence-electron chi connectivity index (χ1n) is 6.94. The van der Waals surface area contributed by atoms with Crippen LogP contribution in [0.4, 0.5) is 5.69 Å². The summed E-state index contributed by atoms with van der Waals surface area (Å²) in [5, 5.41) is 20.7. The van der Waals surface area contributed by atoms with Crippen molar-refractivity contribution in [2.24, 2.45) is 5.92 Å². The predicted octanol–water partition coefficient (Wildman–Crippen LogP) is 2.21. The van der Waals surface area contributed by atoms with E-state index in [9.17, 15) is 9.59 Å². The third kappa shape index (κ3) is 4.20. The van der Waals surface area contributed by atoms with Crippen molar-refractivity contribution in [3.8, 4) is 6.07 Å². The maximum Gasteiger partial charge on any atom is 0.337 e. The van der Waals surface area contributed by atoms with Gasteiger partial charge in [-0.05, 0) is 37.6 Å². The third-order valence-electron chi connectivity index (χ3n) is 3.54. The van der Waals surface area contributed by atoms with Gasteiger partial charge in [-0.2, -0.15) is 5.26 Å². The van der Waals surface area contributed by atoms with E-state index in [0.29, 0.717) is 12.2 Å². The number of benzene rings is 1. The van der Waals surface area contributed by atoms with Crippen molar-refractivity contribution >= 4 is 29.2 Å². The number of piperidine rings is 1. The summed E-state index contributed by atoms with van der Waals surface area (Å²) in [4.78, 5) is 25.0. The van der Waals surface area contributed by atoms with Crippen molar-refractivity contribution in [3.05, 3.63) is 28.8 Å². The van der Waals surface area contributed by atoms with Crippen LogP contribution < -0.4 is 5.32 Å². The number of carbonyl (C=O) groups excluding carboxylic acids is 1. The van der Waals surface area contributed by atoms with E-state index in [2.05, 4.69) is 11.4 Å². The van der Waals surface area contributed by atoms with Gasteiger partial charge in [-0.3, -0.25) is 9.69 Å². The lowest BCUT2D eigenvalue weighted by Crippen LogP contribution is -2.40. The van der Waals surface area contributed by atoms with Gasteiger partial charge in [-0.15, -0.1) is 0 Å². The molecule has 0 bridgehead atoms. The van der Waals surface area contributed by atoms with Crippen LogP contribution in [0.5, 0.6) is 0 Å². The number of carboxylic acids is 1. The fourth-order valence-corrected chi connectivity index (χ4v) is 2.67. The Morgan fingerprint density at radius 2 is 2.27 bits per heavy atom. The highest BCUT2D eigenvalue weighted by molar-refractivity contribution is 6.33. The van der Waals surface area contributed by atoms with Gasteiger partial charge in [0.1, 0.15) is 0 Å². The number of amides is 1. The number of nitrogens with one attached hydrogen (secondary N) is 1. The highest BCUT2D eigenvalue weighted by Crippen LogP contribution is 2.21. The second kappa shape index (κ2) is 7.25. The number of halogens is 1. The minimum Gasteiger partial charge on any atom is -0.478 e. The minimum absolute atomic E-state index is 0.0318. The van der Waals surface area contributed by atoms with Crippen LogP contribution in [0.2, 0.25) is 5.02 Å². The topological polar surface area (TPSA) is 93.4 Å². The Kier molecular flexibility index (Phi) is 5.36. The molecule has 6 nitrogen and oxygen atoms in total. The molecule has 1 amide bonds. The molecule has 1 atom stereocenters. The molecule has 7 heteroatoms. The van der Waals surface area contributed by atoms with Crippen molar-refractivity contribution in [2.45, 2.75) is 12.8 Å². The highest BCUT2D eigenvalue weighted by atomic mass is 35.5. The van der Waals surface area contributed by atoms with Gasteiger partial charge in [0.15, 0.2) is 0 Å². The lowest BCUT2D eigenvalue weighted by molar-refractivity contribution is -0.117. The van der Waals surface area contributed by atoms with Crippen molar-refractivity contribution in [1.82, 2.24) is 4.90 Å². The number of hydrogen-bond acceptors (Lipinski definition) is 4. The summed E-state index contributed by atoms with van der Waals surface area (Å²) in [5.41, 5.74) is 0.336. The van der Waals surface area contributed by atoms with E-state index in [1.54, 1.807) is 6.07 Å². The molecule has 1 aromatic carbocycles. The number of carboxylic acid groups (broad SMARTS) is 1. The summed E-state index contributed by atoms with van der Waals surface area (Å²) >= 11 is 5.78. The monoisotopic (exact) mass is 321 g/mol. The van der Waals surface area contributed by atoms with Crippen LogP contribution in [0.15, 0.2) is 18.2 Å². The zero-order valence-corrected chi connectivity index (χ0v) is 12.6. The second-order valence-corrected chi connectivity index (χ2v) is 5.66. The van der Waals surface area contributed by atoms with E-state index in [-0.39, 0.29) is 29.0 Å². The zero-order chi connectivity index (χ0) is 16.1. The molecule has 1 aliphatic heterocycles. The molecular formula is C15H16ClN3O3. The normalized spacial score (nSPS) is 18.5. The molecule has 1 saturated heterocycles. The van der Waals surface area contributed by atoms with Crippen LogP contribution in [-0.2, 0) is 4.79 Å². The summed E-state index contributed by atoms with van der Waals surface area (Å²) in [6, 6.07) is 6.55. The van der Waals surface area contributed by atoms with Crippen LogP contribution >= 0.6 is 11.6 Å². The Hall–Kier alpha value is -2.10. The van der Waals surface area contributed by atoms with Gasteiger partial charge in [0.25, 0.3) is 0 Å². The number of anilines is 1. The molecule has 0 radical (unpaired) electrons. The van der Waals surface area contributed by atoms with E-state index in [4.69, 9.17) is 22.0 Å². The largest absolute Gasteiger partial charge is 0.478 e. The summed E-state index contributed by atoms with van der Waals surface area (Å²) in [5.74, 6) is -1.41. The molecule has 0 spiro atoms. The van der Waals surface area contributed by atoms with Gasteiger partial charge >= 0.3 is 5.97 Å². The Bertz CT molecular complexity index is 627. The van der Waals surface area contributed by atoms with E-state index in [0.717, 1.165) is 19.4 Å². The SMILES string of the molecule is N#C[C@@H]1CCCN(CC(=O)Nc2ccc(Cl)c(C(=O)O)c2)C1. The fourth-order valence-electron chi connectivity index (χ4n) is 2.48. The maximum absolute atomic E-state index is 12.0. The van der Waals surface area contributed by atoms with Gasteiger partial charge < -0.3 is 10.4 Å². The Morgan fingerprint density at radius 1 is 1.50 bits per heavy atom. The molecule has 0 saturated carbocycles. The average molecular weight is 322 g/mol. The minimum atomic E-state index is -1.14. The van der Waals surface area contributed by atoms with Crippen molar-refractivity contribution in [1.29, 1.82) is 5.26 Å². The summed E-state index contributed by atoms with van der Waals surface area (Å²) in [7, 11) is 0. The molecular weight excluding hydrogens is 306 g/mol. The average Bonchev–Trinajstić information content (AvgIpc) is 2.49. The molecule has 1 aromatic rings. The van der Waals surface area contributed by atoms with Crippen LogP contribution in [0, 0.1) is 17.2 Å². The molecule has 1 fully saturated rings. The number of nitrogens with zero attached hydrogens (tertiary/aromatic N) is 2. The molecule has 2 N–H and O–H groups in total. The molecule has 0 unspecified atom stereocenters. The lowest BCUT2D eigenvalue weighted by Gasteiger charge is -2.28. The number of likely N-dealkylation sites (tertiary alicyclic amines) is 1. The number of carbonyl (C=O) groups is 2. The van der Waals surface area contributed by atoms with Gasteiger partial charge in [0, 0.05) is 12.2 Å². The molecule has 0 aromatic heterocycles. The van der Waals surface area contributed by atoms with Gasteiger partial charge in [-0.25, -0.2) is 4.79 Å². The molecule has 116 valence electrons. The summed E-state index contributed by atoms with van der Waals surface area (Å²) in [6.45, 7) is 1.56. The first-order valence-corrected chi connectivity index (χ1v) is 7.32. The van der Waals surface area contributed by atoms with Gasteiger partial charge in [0.2, 0.25) is 5.91 Å². The van der Waals surface area contributed by atoms with E-state index < -0.39 is 5.97 Å². The number of hydrogen-bond donors (Lipinski definition) is 2. The highest BCUT2D eigenvalue weighted by Gasteiger charge is 2.21. The second-order valence-electron chi connectivity index (χ2n) is 5.25. The number of rotatable bonds is 4. The smallest absolute Gasteiger partial charge is 0.337 e. The number of nitriles is 1. The Morgan fingerprint density at radius 3 is 2.95 bits per heavy atom. The van der Waals surface area contributed by atoms with Crippen molar-refractivity contribution in [3.63, 3.8) is 0 Å². The maximum atomic E-state index is 12.0. The van der Waals surface area contributed by atoms with Gasteiger partial charge in [0.05, 0.1) is 29.1 Å². The Labute approximate surface area is 133 Å². The van der Waals surface area contributed by atoms with Crippen LogP contribution in [0.3, 0.4) is 0 Å².